The summed E-state index contributed by atoms with van der Waals surface area (Å²) in [5, 5.41) is 16.1. The summed E-state index contributed by atoms with van der Waals surface area (Å²) >= 11 is 3.18. The van der Waals surface area contributed by atoms with Gasteiger partial charge in [-0.1, -0.05) is 17.8 Å². The van der Waals surface area contributed by atoms with Gasteiger partial charge in [0.15, 0.2) is 11.0 Å². The van der Waals surface area contributed by atoms with E-state index in [1.165, 1.54) is 5.69 Å². The smallest absolute Gasteiger partial charge is 0.228 e. The monoisotopic (exact) mass is 388 g/mol. The van der Waals surface area contributed by atoms with Crippen molar-refractivity contribution in [3.05, 3.63) is 33.6 Å². The number of fused-ring (bicyclic) bond motifs is 1. The first-order chi connectivity index (χ1) is 12.6. The molecule has 3 aromatic heterocycles. The van der Waals surface area contributed by atoms with Crippen molar-refractivity contribution in [1.29, 1.82) is 0 Å². The molecule has 0 bridgehead atoms. The molecule has 0 spiro atoms. The van der Waals surface area contributed by atoms with Crippen LogP contribution in [0.1, 0.15) is 16.1 Å². The predicted molar refractivity (Wildman–Crippen MR) is 102 cm³/mol. The number of thiophene rings is 1. The van der Waals surface area contributed by atoms with Crippen LogP contribution in [0.3, 0.4) is 0 Å². The van der Waals surface area contributed by atoms with Crippen molar-refractivity contribution in [3.8, 4) is 11.5 Å². The Labute approximate surface area is 160 Å². The molecule has 0 atom stereocenters. The third-order valence-corrected chi connectivity index (χ3v) is 6.33. The lowest BCUT2D eigenvalue weighted by molar-refractivity contribution is -0.131. The van der Waals surface area contributed by atoms with Gasteiger partial charge in [-0.05, 0) is 17.7 Å². The van der Waals surface area contributed by atoms with E-state index in [9.17, 15) is 4.79 Å². The van der Waals surface area contributed by atoms with E-state index in [1.807, 2.05) is 52.0 Å². The number of aromatic nitrogens is 5. The van der Waals surface area contributed by atoms with Gasteiger partial charge >= 0.3 is 0 Å². The zero-order valence-corrected chi connectivity index (χ0v) is 16.6. The second-order valence-corrected chi connectivity index (χ2v) is 8.09. The molecule has 4 rings (SSSR count). The van der Waals surface area contributed by atoms with E-state index < -0.39 is 0 Å². The maximum absolute atomic E-state index is 12.7. The minimum absolute atomic E-state index is 0.163. The molecule has 9 heteroatoms. The highest BCUT2D eigenvalue weighted by atomic mass is 32.2. The highest BCUT2D eigenvalue weighted by molar-refractivity contribution is 7.98. The molecule has 26 heavy (non-hydrogen) atoms. The molecule has 3 aromatic rings. The lowest BCUT2D eigenvalue weighted by atomic mass is 10.0. The number of aryl methyl sites for hydroxylation is 1. The summed E-state index contributed by atoms with van der Waals surface area (Å²) in [6.07, 6.45) is 3.25. The second-order valence-electron chi connectivity index (χ2n) is 6.29. The average molecular weight is 389 g/mol. The molecule has 4 heterocycles. The van der Waals surface area contributed by atoms with Gasteiger partial charge in [-0.25, -0.2) is 0 Å². The van der Waals surface area contributed by atoms with Gasteiger partial charge in [-0.3, -0.25) is 9.48 Å². The molecular weight excluding hydrogens is 368 g/mol. The van der Waals surface area contributed by atoms with E-state index in [4.69, 9.17) is 0 Å². The molecule has 0 saturated heterocycles. The Morgan fingerprint density at radius 1 is 1.35 bits per heavy atom. The van der Waals surface area contributed by atoms with Crippen LogP contribution in [0.2, 0.25) is 0 Å². The number of amides is 1. The van der Waals surface area contributed by atoms with Crippen molar-refractivity contribution < 1.29 is 4.79 Å². The summed E-state index contributed by atoms with van der Waals surface area (Å²) in [6, 6.07) is 4.00. The summed E-state index contributed by atoms with van der Waals surface area (Å²) in [4.78, 5) is 15.7. The summed E-state index contributed by atoms with van der Waals surface area (Å²) in [5.41, 5.74) is 3.08. The Kier molecular flexibility index (Phi) is 4.58. The molecule has 7 nitrogen and oxygen atoms in total. The number of carbonyl (C=O) groups is 1. The quantitative estimate of drug-likeness (QED) is 0.641. The van der Waals surface area contributed by atoms with Crippen molar-refractivity contribution >= 4 is 29.0 Å². The maximum atomic E-state index is 12.7. The Hall–Kier alpha value is -2.13. The fraction of sp³-hybridized carbons (Fsp3) is 0.412. The molecule has 136 valence electrons. The van der Waals surface area contributed by atoms with Crippen LogP contribution in [0.25, 0.3) is 11.5 Å². The number of thioether (sulfide) groups is 1. The highest BCUT2D eigenvalue weighted by Crippen LogP contribution is 2.30. The van der Waals surface area contributed by atoms with Crippen LogP contribution in [0.4, 0.5) is 0 Å². The normalized spacial score (nSPS) is 13.9. The number of hydrogen-bond acceptors (Lipinski definition) is 6. The van der Waals surface area contributed by atoms with Crippen molar-refractivity contribution in [2.24, 2.45) is 14.1 Å². The van der Waals surface area contributed by atoms with E-state index in [0.29, 0.717) is 13.0 Å². The Bertz CT molecular complexity index is 943. The van der Waals surface area contributed by atoms with Gasteiger partial charge in [0.05, 0.1) is 6.42 Å². The summed E-state index contributed by atoms with van der Waals surface area (Å²) in [6.45, 7) is 1.30. The highest BCUT2D eigenvalue weighted by Gasteiger charge is 2.29. The molecule has 1 aliphatic heterocycles. The molecule has 1 aliphatic rings. The SMILES string of the molecule is CSc1nnc(-c2nn(C)c3c2CN(C(=O)Cc2cccs2)CC3)n1C. The van der Waals surface area contributed by atoms with Crippen LogP contribution in [0.5, 0.6) is 0 Å². The van der Waals surface area contributed by atoms with Gasteiger partial charge in [0.25, 0.3) is 0 Å². The Balaban J connectivity index is 1.63. The minimum Gasteiger partial charge on any atom is -0.338 e. The second kappa shape index (κ2) is 6.88. The molecule has 1 amide bonds. The Morgan fingerprint density at radius 2 is 2.19 bits per heavy atom. The predicted octanol–water partition coefficient (Wildman–Crippen LogP) is 2.13. The van der Waals surface area contributed by atoms with Gasteiger partial charge in [-0.15, -0.1) is 21.5 Å². The molecule has 0 unspecified atom stereocenters. The fourth-order valence-corrected chi connectivity index (χ4v) is 4.54. The number of nitrogens with zero attached hydrogens (tertiary/aromatic N) is 6. The van der Waals surface area contributed by atoms with Gasteiger partial charge < -0.3 is 9.47 Å². The van der Waals surface area contributed by atoms with E-state index in [0.717, 1.165) is 40.1 Å². The van der Waals surface area contributed by atoms with Crippen molar-refractivity contribution in [3.63, 3.8) is 0 Å². The average Bonchev–Trinajstić information content (AvgIpc) is 3.35. The Morgan fingerprint density at radius 3 is 2.88 bits per heavy atom. The standard InChI is InChI=1S/C17H20N6OS2/c1-21-16(18-19-17(21)25-3)15-12-10-23(7-6-13(12)22(2)20-15)14(24)9-11-5-4-8-26-11/h4-5,8H,6-7,9-10H2,1-3H3. The zero-order valence-electron chi connectivity index (χ0n) is 15.0. The van der Waals surface area contributed by atoms with Crippen LogP contribution in [-0.2, 0) is 38.3 Å². The minimum atomic E-state index is 0.163. The zero-order chi connectivity index (χ0) is 18.3. The molecule has 0 aromatic carbocycles. The van der Waals surface area contributed by atoms with E-state index in [2.05, 4.69) is 15.3 Å². The van der Waals surface area contributed by atoms with Gasteiger partial charge in [0, 0.05) is 49.7 Å². The first kappa shape index (κ1) is 17.3. The largest absolute Gasteiger partial charge is 0.338 e. The summed E-state index contributed by atoms with van der Waals surface area (Å²) in [7, 11) is 3.90. The van der Waals surface area contributed by atoms with Crippen LogP contribution in [0.15, 0.2) is 22.7 Å². The number of carbonyl (C=O) groups excluding carboxylic acids is 1. The molecule has 0 saturated carbocycles. The molecule has 0 radical (unpaired) electrons. The fourth-order valence-electron chi connectivity index (χ4n) is 3.36. The van der Waals surface area contributed by atoms with Crippen molar-refractivity contribution in [2.45, 2.75) is 24.5 Å². The van der Waals surface area contributed by atoms with Gasteiger partial charge in [0.1, 0.15) is 5.69 Å². The first-order valence-corrected chi connectivity index (χ1v) is 10.5. The van der Waals surface area contributed by atoms with Gasteiger partial charge in [0.2, 0.25) is 5.91 Å². The number of hydrogen-bond donors (Lipinski definition) is 0. The van der Waals surface area contributed by atoms with Crippen molar-refractivity contribution in [2.75, 3.05) is 12.8 Å². The first-order valence-electron chi connectivity index (χ1n) is 8.37. The van der Waals surface area contributed by atoms with Crippen molar-refractivity contribution in [1.82, 2.24) is 29.4 Å². The third-order valence-electron chi connectivity index (χ3n) is 4.73. The summed E-state index contributed by atoms with van der Waals surface area (Å²) < 4.78 is 3.87. The molecule has 0 N–H and O–H groups in total. The van der Waals surface area contributed by atoms with Crippen LogP contribution >= 0.6 is 23.1 Å². The van der Waals surface area contributed by atoms with E-state index in [1.54, 1.807) is 23.1 Å². The molecular formula is C17H20N6OS2. The topological polar surface area (TPSA) is 68.8 Å². The maximum Gasteiger partial charge on any atom is 0.228 e. The third kappa shape index (κ3) is 2.95. The lowest BCUT2D eigenvalue weighted by Crippen LogP contribution is -2.37. The van der Waals surface area contributed by atoms with Crippen LogP contribution < -0.4 is 0 Å². The van der Waals surface area contributed by atoms with Gasteiger partial charge in [-0.2, -0.15) is 5.10 Å². The molecule has 0 aliphatic carbocycles. The molecule has 0 fully saturated rings. The lowest BCUT2D eigenvalue weighted by Gasteiger charge is -2.27. The van der Waals surface area contributed by atoms with Crippen LogP contribution in [-0.4, -0.2) is 48.2 Å². The van der Waals surface area contributed by atoms with E-state index in [-0.39, 0.29) is 5.91 Å². The van der Waals surface area contributed by atoms with E-state index >= 15 is 0 Å². The van der Waals surface area contributed by atoms with Crippen LogP contribution in [0, 0.1) is 0 Å². The summed E-state index contributed by atoms with van der Waals surface area (Å²) in [5.74, 6) is 0.912. The number of rotatable bonds is 4.